The van der Waals surface area contributed by atoms with Crippen molar-refractivity contribution < 1.29 is 57.2 Å². The maximum Gasteiger partial charge on any atom is 0.305 e. The van der Waals surface area contributed by atoms with Crippen molar-refractivity contribution in [3.05, 3.63) is 0 Å². The molecule has 58 heavy (non-hydrogen) atoms. The molecule has 13 nitrogen and oxygen atoms in total. The van der Waals surface area contributed by atoms with Gasteiger partial charge in [0, 0.05) is 52.3 Å². The first-order chi connectivity index (χ1) is 28.2. The van der Waals surface area contributed by atoms with Crippen molar-refractivity contribution in [1.82, 2.24) is 4.90 Å². The van der Waals surface area contributed by atoms with Crippen molar-refractivity contribution in [1.29, 1.82) is 0 Å². The first-order valence-corrected chi connectivity index (χ1v) is 22.6. The highest BCUT2D eigenvalue weighted by atomic mass is 16.6. The minimum atomic E-state index is -0.494. The van der Waals surface area contributed by atoms with E-state index in [1.54, 1.807) is 0 Å². The Bertz CT molecular complexity index is 1020. The standard InChI is InChI=1S/C45H81NO12/c1-5-8-11-14-17-20-25-41(48)54-33-39(32-53-4)34-55-44(51)28-23-30-46(38-47)31-24-29-45(52)58-37-40(35-56-42(49)26-21-18-15-12-9-6-2)36-57-43(50)27-22-19-16-13-10-7-3/h38-40H,5-37H2,1-4H3. The van der Waals surface area contributed by atoms with Gasteiger partial charge in [0.15, 0.2) is 0 Å². The number of esters is 5. The zero-order valence-corrected chi connectivity index (χ0v) is 36.9. The van der Waals surface area contributed by atoms with Crippen molar-refractivity contribution in [2.24, 2.45) is 11.8 Å². The second-order valence-corrected chi connectivity index (χ2v) is 15.5. The summed E-state index contributed by atoms with van der Waals surface area (Å²) in [5.74, 6) is -2.58. The van der Waals surface area contributed by atoms with Crippen LogP contribution in [0.15, 0.2) is 0 Å². The predicted octanol–water partition coefficient (Wildman–Crippen LogP) is 8.85. The molecule has 0 bridgehead atoms. The van der Waals surface area contributed by atoms with Gasteiger partial charge in [-0.15, -0.1) is 0 Å². The highest BCUT2D eigenvalue weighted by molar-refractivity contribution is 5.71. The number of ether oxygens (including phenoxy) is 6. The molecule has 0 fully saturated rings. The van der Waals surface area contributed by atoms with E-state index in [0.29, 0.717) is 51.6 Å². The van der Waals surface area contributed by atoms with E-state index in [4.69, 9.17) is 28.4 Å². The van der Waals surface area contributed by atoms with Gasteiger partial charge in [-0.1, -0.05) is 117 Å². The van der Waals surface area contributed by atoms with E-state index < -0.39 is 17.9 Å². The normalized spacial score (nSPS) is 11.5. The lowest BCUT2D eigenvalue weighted by Crippen LogP contribution is -2.28. The Kier molecular flexibility index (Phi) is 38.3. The maximum atomic E-state index is 12.6. The second kappa shape index (κ2) is 40.6. The molecule has 13 heteroatoms. The second-order valence-electron chi connectivity index (χ2n) is 15.5. The van der Waals surface area contributed by atoms with Crippen molar-refractivity contribution >= 4 is 36.3 Å². The largest absolute Gasteiger partial charge is 0.465 e. The molecule has 0 spiro atoms. The van der Waals surface area contributed by atoms with Gasteiger partial charge >= 0.3 is 29.8 Å². The van der Waals surface area contributed by atoms with Gasteiger partial charge in [0.05, 0.1) is 31.7 Å². The van der Waals surface area contributed by atoms with Crippen LogP contribution < -0.4 is 0 Å². The number of amides is 1. The maximum absolute atomic E-state index is 12.6. The molecule has 0 aliphatic rings. The third-order valence-electron chi connectivity index (χ3n) is 9.81. The Morgan fingerprint density at radius 3 is 0.931 bits per heavy atom. The number of unbranched alkanes of at least 4 members (excludes halogenated alkanes) is 15. The Balaban J connectivity index is 4.58. The summed E-state index contributed by atoms with van der Waals surface area (Å²) in [6.07, 6.45) is 21.7. The summed E-state index contributed by atoms with van der Waals surface area (Å²) in [4.78, 5) is 75.0. The minimum Gasteiger partial charge on any atom is -0.465 e. The lowest BCUT2D eigenvalue weighted by atomic mass is 10.1. The number of hydrogen-bond acceptors (Lipinski definition) is 12. The van der Waals surface area contributed by atoms with Gasteiger partial charge in [0.1, 0.15) is 19.8 Å². The average Bonchev–Trinajstić information content (AvgIpc) is 3.21. The molecule has 1 amide bonds. The lowest BCUT2D eigenvalue weighted by Gasteiger charge is -2.19. The first-order valence-electron chi connectivity index (χ1n) is 22.6. The quantitative estimate of drug-likeness (QED) is 0.0249. The molecule has 0 aromatic heterocycles. The van der Waals surface area contributed by atoms with Crippen LogP contribution >= 0.6 is 0 Å². The van der Waals surface area contributed by atoms with Crippen molar-refractivity contribution in [2.45, 2.75) is 181 Å². The van der Waals surface area contributed by atoms with Crippen LogP contribution in [0.3, 0.4) is 0 Å². The van der Waals surface area contributed by atoms with Crippen LogP contribution in [0.5, 0.6) is 0 Å². The topological polar surface area (TPSA) is 161 Å². The third kappa shape index (κ3) is 35.9. The molecule has 0 saturated carbocycles. The highest BCUT2D eigenvalue weighted by Crippen LogP contribution is 2.12. The number of nitrogens with zero attached hydrogens (tertiary/aromatic N) is 1. The summed E-state index contributed by atoms with van der Waals surface area (Å²) < 4.78 is 32.4. The van der Waals surface area contributed by atoms with Gasteiger partial charge < -0.3 is 33.3 Å². The van der Waals surface area contributed by atoms with Gasteiger partial charge in [-0.05, 0) is 32.1 Å². The fourth-order valence-electron chi connectivity index (χ4n) is 6.16. The molecule has 338 valence electrons. The summed E-state index contributed by atoms with van der Waals surface area (Å²) in [5.41, 5.74) is 0. The SMILES string of the molecule is CCCCCCCCC(=O)OCC(COC)COC(=O)CCCN(C=O)CCCC(=O)OCC(COC(=O)CCCCCCCC)COC(=O)CCCCCCCC. The molecular formula is C45H81NO12. The number of methoxy groups -OCH3 is 1. The number of rotatable bonds is 42. The fourth-order valence-corrected chi connectivity index (χ4v) is 6.16. The van der Waals surface area contributed by atoms with E-state index in [2.05, 4.69) is 20.8 Å². The Hall–Kier alpha value is -3.22. The van der Waals surface area contributed by atoms with Gasteiger partial charge in [-0.25, -0.2) is 0 Å². The Labute approximate surface area is 350 Å². The zero-order valence-electron chi connectivity index (χ0n) is 36.9. The van der Waals surface area contributed by atoms with Gasteiger partial charge in [-0.3, -0.25) is 28.8 Å². The third-order valence-corrected chi connectivity index (χ3v) is 9.81. The molecule has 1 atom stereocenters. The molecule has 0 aromatic carbocycles. The molecular weight excluding hydrogens is 746 g/mol. The summed E-state index contributed by atoms with van der Waals surface area (Å²) >= 11 is 0. The number of hydrogen-bond donors (Lipinski definition) is 0. The van der Waals surface area contributed by atoms with E-state index in [1.807, 2.05) is 0 Å². The average molecular weight is 828 g/mol. The Morgan fingerprint density at radius 2 is 0.655 bits per heavy atom. The van der Waals surface area contributed by atoms with Crippen LogP contribution in [0.1, 0.15) is 181 Å². The van der Waals surface area contributed by atoms with E-state index in [-0.39, 0.29) is 76.3 Å². The molecule has 0 saturated heterocycles. The summed E-state index contributed by atoms with van der Waals surface area (Å²) in [6.45, 7) is 7.42. The lowest BCUT2D eigenvalue weighted by molar-refractivity contribution is -0.154. The van der Waals surface area contributed by atoms with Crippen molar-refractivity contribution in [3.8, 4) is 0 Å². The van der Waals surface area contributed by atoms with Crippen LogP contribution in [0.25, 0.3) is 0 Å². The van der Waals surface area contributed by atoms with Gasteiger partial charge in [0.25, 0.3) is 0 Å². The van der Waals surface area contributed by atoms with E-state index in [0.717, 1.165) is 83.5 Å². The number of carbonyl (C=O) groups is 6. The molecule has 0 aromatic rings. The monoisotopic (exact) mass is 828 g/mol. The van der Waals surface area contributed by atoms with Crippen LogP contribution in [-0.2, 0) is 57.2 Å². The summed E-state index contributed by atoms with van der Waals surface area (Å²) in [5, 5.41) is 0. The van der Waals surface area contributed by atoms with Crippen LogP contribution in [-0.4, -0.2) is 101 Å². The molecule has 0 radical (unpaired) electrons. The molecule has 1 unspecified atom stereocenters. The zero-order chi connectivity index (χ0) is 42.9. The predicted molar refractivity (Wildman–Crippen MR) is 224 cm³/mol. The van der Waals surface area contributed by atoms with E-state index in [1.165, 1.54) is 44.1 Å². The van der Waals surface area contributed by atoms with Crippen LogP contribution in [0, 0.1) is 11.8 Å². The molecule has 0 N–H and O–H groups in total. The van der Waals surface area contributed by atoms with Crippen molar-refractivity contribution in [3.63, 3.8) is 0 Å². The van der Waals surface area contributed by atoms with Crippen LogP contribution in [0.2, 0.25) is 0 Å². The van der Waals surface area contributed by atoms with Crippen molar-refractivity contribution in [2.75, 3.05) is 59.8 Å². The molecule has 0 aliphatic heterocycles. The van der Waals surface area contributed by atoms with E-state index >= 15 is 0 Å². The van der Waals surface area contributed by atoms with E-state index in [9.17, 15) is 28.8 Å². The fraction of sp³-hybridized carbons (Fsp3) is 0.867. The van der Waals surface area contributed by atoms with Gasteiger partial charge in [0.2, 0.25) is 6.41 Å². The molecule has 0 heterocycles. The minimum absolute atomic E-state index is 0.0204. The Morgan fingerprint density at radius 1 is 0.397 bits per heavy atom. The summed E-state index contributed by atoms with van der Waals surface area (Å²) in [6, 6.07) is 0. The summed E-state index contributed by atoms with van der Waals surface area (Å²) in [7, 11) is 1.53. The first kappa shape index (κ1) is 54.8. The smallest absolute Gasteiger partial charge is 0.305 e. The van der Waals surface area contributed by atoms with Crippen LogP contribution in [0.4, 0.5) is 0 Å². The number of carbonyl (C=O) groups excluding carboxylic acids is 6. The molecule has 0 aliphatic carbocycles. The van der Waals surface area contributed by atoms with Gasteiger partial charge in [-0.2, -0.15) is 0 Å². The molecule has 0 rings (SSSR count). The highest BCUT2D eigenvalue weighted by Gasteiger charge is 2.19.